The number of fused-ring (bicyclic) bond motifs is 2. The molecule has 2 amide bonds. The highest BCUT2D eigenvalue weighted by Gasteiger charge is 2.30. The normalized spacial score (nSPS) is 14.6. The van der Waals surface area contributed by atoms with Crippen LogP contribution in [0.15, 0.2) is 18.2 Å². The molecule has 1 aromatic carbocycles. The van der Waals surface area contributed by atoms with Gasteiger partial charge < -0.3 is 25.6 Å². The molecule has 132 valence electrons. The van der Waals surface area contributed by atoms with Crippen LogP contribution in [-0.2, 0) is 0 Å². The molecule has 1 aromatic heterocycles. The van der Waals surface area contributed by atoms with Crippen LogP contribution < -0.4 is 20.5 Å². The number of rotatable bonds is 3. The number of carbonyl (C=O) groups is 2. The van der Waals surface area contributed by atoms with Gasteiger partial charge in [0.05, 0.1) is 16.8 Å². The Labute approximate surface area is 143 Å². The van der Waals surface area contributed by atoms with Crippen molar-refractivity contribution in [2.24, 2.45) is 5.73 Å². The summed E-state index contributed by atoms with van der Waals surface area (Å²) in [6, 6.07) is 4.82. The first-order valence-electron chi connectivity index (χ1n) is 8.00. The highest BCUT2D eigenvalue weighted by molar-refractivity contribution is 5.95. The maximum Gasteiger partial charge on any atom is 0.337 e. The molecule has 25 heavy (non-hydrogen) atoms. The van der Waals surface area contributed by atoms with Crippen LogP contribution in [0.4, 0.5) is 4.79 Å². The zero-order chi connectivity index (χ0) is 18.0. The van der Waals surface area contributed by atoms with Gasteiger partial charge in [-0.3, -0.25) is 4.98 Å². The first-order valence-corrected chi connectivity index (χ1v) is 8.00. The Kier molecular flexibility index (Phi) is 4.60. The Morgan fingerprint density at radius 1 is 1.28 bits per heavy atom. The molecular formula is C17H19N3O5. The molecule has 4 N–H and O–H groups in total. The lowest BCUT2D eigenvalue weighted by Gasteiger charge is -2.07. The molecule has 1 saturated carbocycles. The van der Waals surface area contributed by atoms with Crippen LogP contribution in [0, 0.1) is 0 Å². The molecular weight excluding hydrogens is 326 g/mol. The van der Waals surface area contributed by atoms with Crippen LogP contribution in [0.3, 0.4) is 0 Å². The molecule has 1 aliphatic heterocycles. The maximum absolute atomic E-state index is 11.3. The molecule has 2 aromatic rings. The summed E-state index contributed by atoms with van der Waals surface area (Å²) in [5, 5.41) is 12.4. The number of pyridine rings is 1. The second-order valence-electron chi connectivity index (χ2n) is 5.79. The van der Waals surface area contributed by atoms with E-state index in [-0.39, 0.29) is 6.79 Å². The molecule has 1 aliphatic carbocycles. The minimum absolute atomic E-state index is 0.201. The Morgan fingerprint density at radius 2 is 1.96 bits per heavy atom. The topological polar surface area (TPSA) is 124 Å². The minimum atomic E-state index is -0.922. The number of aromatic carboxylic acids is 1. The van der Waals surface area contributed by atoms with Crippen molar-refractivity contribution < 1.29 is 24.2 Å². The Balaban J connectivity index is 0.000000265. The van der Waals surface area contributed by atoms with E-state index in [4.69, 9.17) is 9.47 Å². The number of carboxylic acid groups (broad SMARTS) is 1. The van der Waals surface area contributed by atoms with Gasteiger partial charge in [0, 0.05) is 23.9 Å². The third-order valence-corrected chi connectivity index (χ3v) is 3.88. The quantitative estimate of drug-likeness (QED) is 0.783. The van der Waals surface area contributed by atoms with Crippen LogP contribution in [0.2, 0.25) is 0 Å². The van der Waals surface area contributed by atoms with Crippen molar-refractivity contribution in [2.75, 3.05) is 13.3 Å². The largest absolute Gasteiger partial charge is 0.478 e. The van der Waals surface area contributed by atoms with E-state index in [0.717, 1.165) is 23.7 Å². The number of nitrogens with one attached hydrogen (secondary N) is 1. The third kappa shape index (κ3) is 3.73. The summed E-state index contributed by atoms with van der Waals surface area (Å²) in [4.78, 5) is 25.6. The number of amides is 2. The number of carbonyl (C=O) groups excluding carboxylic acids is 1. The highest BCUT2D eigenvalue weighted by Crippen LogP contribution is 2.43. The summed E-state index contributed by atoms with van der Waals surface area (Å²) in [5.41, 5.74) is 6.41. The number of hydrogen-bond acceptors (Lipinski definition) is 5. The van der Waals surface area contributed by atoms with Crippen molar-refractivity contribution in [1.82, 2.24) is 10.3 Å². The van der Waals surface area contributed by atoms with Crippen LogP contribution >= 0.6 is 0 Å². The van der Waals surface area contributed by atoms with Gasteiger partial charge in [-0.05, 0) is 31.9 Å². The van der Waals surface area contributed by atoms with Crippen LogP contribution in [-0.4, -0.2) is 35.4 Å². The molecule has 2 heterocycles. The van der Waals surface area contributed by atoms with Gasteiger partial charge in [-0.25, -0.2) is 9.59 Å². The van der Waals surface area contributed by atoms with E-state index >= 15 is 0 Å². The lowest BCUT2D eigenvalue weighted by Crippen LogP contribution is -2.28. The van der Waals surface area contributed by atoms with Gasteiger partial charge in [0.2, 0.25) is 6.79 Å². The van der Waals surface area contributed by atoms with Crippen LogP contribution in [0.5, 0.6) is 11.5 Å². The first kappa shape index (κ1) is 16.8. The first-order chi connectivity index (χ1) is 12.0. The number of aromatic nitrogens is 1. The van der Waals surface area contributed by atoms with Gasteiger partial charge >= 0.3 is 12.0 Å². The number of ether oxygens (including phenoxy) is 2. The van der Waals surface area contributed by atoms with E-state index in [1.807, 2.05) is 13.0 Å². The number of nitrogens with two attached hydrogens (primary N) is 1. The van der Waals surface area contributed by atoms with Crippen molar-refractivity contribution in [1.29, 1.82) is 0 Å². The fourth-order valence-electron chi connectivity index (χ4n) is 2.59. The summed E-state index contributed by atoms with van der Waals surface area (Å²) < 4.78 is 10.6. The average Bonchev–Trinajstić information content (AvgIpc) is 3.31. The lowest BCUT2D eigenvalue weighted by molar-refractivity contribution is 0.0695. The van der Waals surface area contributed by atoms with Gasteiger partial charge in [0.15, 0.2) is 11.5 Å². The minimum Gasteiger partial charge on any atom is -0.478 e. The molecule has 0 saturated heterocycles. The molecule has 8 nitrogen and oxygen atoms in total. The average molecular weight is 345 g/mol. The zero-order valence-electron chi connectivity index (χ0n) is 13.7. The number of carboxylic acids is 1. The van der Waals surface area contributed by atoms with Gasteiger partial charge in [-0.15, -0.1) is 0 Å². The number of benzene rings is 1. The molecule has 0 unspecified atom stereocenters. The summed E-state index contributed by atoms with van der Waals surface area (Å²) in [6.07, 6.45) is 2.03. The fourth-order valence-corrected chi connectivity index (χ4v) is 2.59. The standard InChI is InChI=1S/C14H11NO4.C3H8N2O/c16-14(17)9-3-8-4-11-12(19-6-18-11)5-10(8)15-13(9)7-1-2-7;1-2-5-3(4)6/h3-5,7H,1-2,6H2,(H,16,17);2H2,1H3,(H3,4,5,6). The maximum atomic E-state index is 11.3. The van der Waals surface area contributed by atoms with E-state index < -0.39 is 12.0 Å². The molecule has 0 spiro atoms. The van der Waals surface area contributed by atoms with E-state index in [0.29, 0.717) is 35.2 Å². The second-order valence-corrected chi connectivity index (χ2v) is 5.79. The zero-order valence-corrected chi connectivity index (χ0v) is 13.7. The van der Waals surface area contributed by atoms with Crippen molar-refractivity contribution >= 4 is 22.9 Å². The number of nitrogens with zero attached hydrogens (tertiary/aromatic N) is 1. The van der Waals surface area contributed by atoms with Gasteiger partial charge in [-0.1, -0.05) is 0 Å². The Morgan fingerprint density at radius 3 is 2.48 bits per heavy atom. The number of primary amides is 1. The van der Waals surface area contributed by atoms with Gasteiger partial charge in [0.25, 0.3) is 0 Å². The molecule has 4 rings (SSSR count). The molecule has 8 heteroatoms. The predicted octanol–water partition coefficient (Wildman–Crippen LogP) is 2.21. The molecule has 1 fully saturated rings. The second kappa shape index (κ2) is 6.84. The molecule has 0 bridgehead atoms. The highest BCUT2D eigenvalue weighted by atomic mass is 16.7. The van der Waals surface area contributed by atoms with Crippen LogP contribution in [0.25, 0.3) is 10.9 Å². The lowest BCUT2D eigenvalue weighted by atomic mass is 10.1. The predicted molar refractivity (Wildman–Crippen MR) is 90.1 cm³/mol. The number of hydrogen-bond donors (Lipinski definition) is 3. The SMILES string of the molecule is CCNC(N)=O.O=C(O)c1cc2cc3c(cc2nc1C1CC1)OCO3. The van der Waals surface area contributed by atoms with Crippen molar-refractivity contribution in [3.05, 3.63) is 29.5 Å². The third-order valence-electron chi connectivity index (χ3n) is 3.88. The van der Waals surface area contributed by atoms with E-state index in [1.54, 1.807) is 12.1 Å². The van der Waals surface area contributed by atoms with Gasteiger partial charge in [0.1, 0.15) is 0 Å². The summed E-state index contributed by atoms with van der Waals surface area (Å²) in [7, 11) is 0. The smallest absolute Gasteiger partial charge is 0.337 e. The molecule has 0 atom stereocenters. The van der Waals surface area contributed by atoms with Crippen LogP contribution in [0.1, 0.15) is 41.7 Å². The summed E-state index contributed by atoms with van der Waals surface area (Å²) >= 11 is 0. The monoisotopic (exact) mass is 345 g/mol. The fraction of sp³-hybridized carbons (Fsp3) is 0.353. The van der Waals surface area contributed by atoms with Crippen molar-refractivity contribution in [2.45, 2.75) is 25.7 Å². The van der Waals surface area contributed by atoms with Gasteiger partial charge in [-0.2, -0.15) is 0 Å². The van der Waals surface area contributed by atoms with E-state index in [1.165, 1.54) is 0 Å². The van der Waals surface area contributed by atoms with Crippen molar-refractivity contribution in [3.8, 4) is 11.5 Å². The van der Waals surface area contributed by atoms with E-state index in [9.17, 15) is 14.7 Å². The molecule has 0 radical (unpaired) electrons. The summed E-state index contributed by atoms with van der Waals surface area (Å²) in [6.45, 7) is 2.62. The Bertz CT molecular complexity index is 833. The molecule has 2 aliphatic rings. The summed E-state index contributed by atoms with van der Waals surface area (Å²) in [5.74, 6) is 0.685. The van der Waals surface area contributed by atoms with E-state index in [2.05, 4.69) is 16.0 Å². The Hall–Kier alpha value is -3.03. The number of urea groups is 1. The van der Waals surface area contributed by atoms with Crippen molar-refractivity contribution in [3.63, 3.8) is 0 Å².